The fraction of sp³-hybridized carbons (Fsp3) is 0.480. The van der Waals surface area contributed by atoms with E-state index in [0.29, 0.717) is 19.0 Å². The minimum absolute atomic E-state index is 0.0564. The van der Waals surface area contributed by atoms with Gasteiger partial charge < -0.3 is 9.22 Å². The summed E-state index contributed by atoms with van der Waals surface area (Å²) in [6.45, 7) is 5.92. The highest BCUT2D eigenvalue weighted by atomic mass is 32.1. The standard InChI is InChI=1S/C25H31N2O2S3/c28-25(26(17-22-7-3-15-31-22)18-23-8-4-16-32-23)29-24-19-27(12-9-20(24)10-13-27)11-1-5-21-6-2-14-30-21/h2-4,6-8,14-16,20,24H,1,5,9-13,17-19H2/q+1/t20?,24-,27?/m0/s1. The Hall–Kier alpha value is -1.67. The van der Waals surface area contributed by atoms with Crippen molar-refractivity contribution in [2.45, 2.75) is 44.9 Å². The molecule has 4 nitrogen and oxygen atoms in total. The highest BCUT2D eigenvalue weighted by Gasteiger charge is 2.47. The summed E-state index contributed by atoms with van der Waals surface area (Å²) >= 11 is 5.26. The van der Waals surface area contributed by atoms with Crippen LogP contribution in [0.4, 0.5) is 4.79 Å². The van der Waals surface area contributed by atoms with E-state index in [1.54, 1.807) is 22.7 Å². The monoisotopic (exact) mass is 487 g/mol. The maximum absolute atomic E-state index is 13.3. The molecule has 0 saturated carbocycles. The van der Waals surface area contributed by atoms with Crippen LogP contribution in [0, 0.1) is 5.92 Å². The van der Waals surface area contributed by atoms with Gasteiger partial charge in [0.05, 0.1) is 32.7 Å². The SMILES string of the molecule is O=C(O[C@H]1C[N+]2(CCCc3cccs3)CCC1CC2)N(Cc1cccs1)Cc1cccs1. The minimum atomic E-state index is -0.151. The molecule has 0 aromatic carbocycles. The van der Waals surface area contributed by atoms with Crippen LogP contribution in [0.15, 0.2) is 52.5 Å². The Balaban J connectivity index is 1.21. The molecule has 1 amide bonds. The first-order chi connectivity index (χ1) is 15.7. The van der Waals surface area contributed by atoms with Crippen molar-refractivity contribution in [1.82, 2.24) is 4.90 Å². The van der Waals surface area contributed by atoms with Crippen LogP contribution in [0.2, 0.25) is 0 Å². The molecule has 6 rings (SSSR count). The molecular weight excluding hydrogens is 456 g/mol. The molecule has 3 saturated heterocycles. The molecule has 1 atom stereocenters. The lowest BCUT2D eigenvalue weighted by atomic mass is 9.83. The second-order valence-electron chi connectivity index (χ2n) is 9.15. The Bertz CT molecular complexity index is 925. The van der Waals surface area contributed by atoms with Crippen molar-refractivity contribution in [2.24, 2.45) is 5.92 Å². The van der Waals surface area contributed by atoms with Gasteiger partial charge in [0.15, 0.2) is 6.10 Å². The van der Waals surface area contributed by atoms with Crippen LogP contribution in [-0.2, 0) is 24.2 Å². The molecule has 2 bridgehead atoms. The Labute approximate surface area is 202 Å². The summed E-state index contributed by atoms with van der Waals surface area (Å²) in [7, 11) is 0. The molecular formula is C25H31N2O2S3+. The Morgan fingerprint density at radius 3 is 2.09 bits per heavy atom. The number of aryl methyl sites for hydroxylation is 1. The zero-order valence-electron chi connectivity index (χ0n) is 18.4. The summed E-state index contributed by atoms with van der Waals surface area (Å²) in [6.07, 6.45) is 4.66. The number of amides is 1. The zero-order chi connectivity index (χ0) is 21.8. The molecule has 3 aromatic rings. The van der Waals surface area contributed by atoms with Crippen LogP contribution < -0.4 is 0 Å². The third kappa shape index (κ3) is 5.28. The number of fused-ring (bicyclic) bond motifs is 3. The van der Waals surface area contributed by atoms with Crippen molar-refractivity contribution in [3.8, 4) is 0 Å². The highest BCUT2D eigenvalue weighted by Crippen LogP contribution is 2.36. The molecule has 0 spiro atoms. The highest BCUT2D eigenvalue weighted by molar-refractivity contribution is 7.10. The Morgan fingerprint density at radius 1 is 0.938 bits per heavy atom. The van der Waals surface area contributed by atoms with Gasteiger partial charge in [-0.15, -0.1) is 34.0 Å². The van der Waals surface area contributed by atoms with Crippen molar-refractivity contribution in [2.75, 3.05) is 26.2 Å². The smallest absolute Gasteiger partial charge is 0.410 e. The maximum atomic E-state index is 13.3. The Morgan fingerprint density at radius 2 is 1.53 bits per heavy atom. The third-order valence-electron chi connectivity index (χ3n) is 7.04. The lowest BCUT2D eigenvalue weighted by Gasteiger charge is -2.52. The van der Waals surface area contributed by atoms with Gasteiger partial charge in [0.1, 0.15) is 6.54 Å². The summed E-state index contributed by atoms with van der Waals surface area (Å²) in [5.41, 5.74) is 0. The van der Waals surface area contributed by atoms with Crippen LogP contribution in [0.3, 0.4) is 0 Å². The first-order valence-electron chi connectivity index (χ1n) is 11.6. The van der Waals surface area contributed by atoms with Gasteiger partial charge in [0, 0.05) is 39.8 Å². The fourth-order valence-electron chi connectivity index (χ4n) is 5.28. The van der Waals surface area contributed by atoms with E-state index in [9.17, 15) is 4.79 Å². The van der Waals surface area contributed by atoms with E-state index in [-0.39, 0.29) is 12.2 Å². The molecule has 3 aliphatic heterocycles. The average molecular weight is 488 g/mol. The summed E-state index contributed by atoms with van der Waals surface area (Å²) in [4.78, 5) is 19.1. The normalized spacial score (nSPS) is 24.5. The molecule has 0 unspecified atom stereocenters. The molecule has 3 fully saturated rings. The molecule has 0 radical (unpaired) electrons. The summed E-state index contributed by atoms with van der Waals surface area (Å²) < 4.78 is 7.38. The number of hydrogen-bond donors (Lipinski definition) is 0. The number of piperidine rings is 3. The fourth-order valence-corrected chi connectivity index (χ4v) is 7.47. The second-order valence-corrected chi connectivity index (χ2v) is 12.2. The predicted molar refractivity (Wildman–Crippen MR) is 133 cm³/mol. The predicted octanol–water partition coefficient (Wildman–Crippen LogP) is 6.25. The van der Waals surface area contributed by atoms with Gasteiger partial charge in [-0.25, -0.2) is 4.79 Å². The molecule has 7 heteroatoms. The van der Waals surface area contributed by atoms with Crippen molar-refractivity contribution in [3.05, 3.63) is 67.2 Å². The van der Waals surface area contributed by atoms with Gasteiger partial charge in [0.2, 0.25) is 0 Å². The molecule has 170 valence electrons. The number of ether oxygens (including phenoxy) is 1. The Kier molecular flexibility index (Phi) is 6.97. The first-order valence-corrected chi connectivity index (χ1v) is 14.2. The third-order valence-corrected chi connectivity index (χ3v) is 9.70. The van der Waals surface area contributed by atoms with E-state index in [0.717, 1.165) is 11.0 Å². The van der Waals surface area contributed by atoms with Crippen LogP contribution in [0.5, 0.6) is 0 Å². The lowest BCUT2D eigenvalue weighted by molar-refractivity contribution is -0.946. The summed E-state index contributed by atoms with van der Waals surface area (Å²) in [5, 5.41) is 6.31. The van der Waals surface area contributed by atoms with Crippen LogP contribution in [0.1, 0.15) is 33.9 Å². The van der Waals surface area contributed by atoms with Gasteiger partial charge in [-0.05, 0) is 40.8 Å². The summed E-state index contributed by atoms with van der Waals surface area (Å²) in [6, 6.07) is 12.7. The van der Waals surface area contributed by atoms with Crippen LogP contribution >= 0.6 is 34.0 Å². The molecule has 3 aromatic heterocycles. The van der Waals surface area contributed by atoms with Gasteiger partial charge in [0.25, 0.3) is 0 Å². The number of hydrogen-bond acceptors (Lipinski definition) is 5. The van der Waals surface area contributed by atoms with E-state index in [2.05, 4.69) is 40.4 Å². The quantitative estimate of drug-likeness (QED) is 0.334. The average Bonchev–Trinajstić information content (AvgIpc) is 3.58. The number of quaternary nitrogens is 1. The van der Waals surface area contributed by atoms with Gasteiger partial charge in [-0.2, -0.15) is 0 Å². The molecule has 32 heavy (non-hydrogen) atoms. The largest absolute Gasteiger partial charge is 0.440 e. The van der Waals surface area contributed by atoms with E-state index >= 15 is 0 Å². The van der Waals surface area contributed by atoms with E-state index < -0.39 is 0 Å². The number of rotatable bonds is 9. The van der Waals surface area contributed by atoms with Gasteiger partial charge >= 0.3 is 6.09 Å². The van der Waals surface area contributed by atoms with Crippen molar-refractivity contribution in [3.63, 3.8) is 0 Å². The number of carbonyl (C=O) groups is 1. The number of carbonyl (C=O) groups excluding carboxylic acids is 1. The van der Waals surface area contributed by atoms with Gasteiger partial charge in [-0.1, -0.05) is 18.2 Å². The van der Waals surface area contributed by atoms with Crippen molar-refractivity contribution < 1.29 is 14.0 Å². The topological polar surface area (TPSA) is 29.5 Å². The first kappa shape index (κ1) is 22.1. The zero-order valence-corrected chi connectivity index (χ0v) is 20.8. The van der Waals surface area contributed by atoms with E-state index in [1.165, 1.54) is 59.9 Å². The molecule has 3 aliphatic rings. The van der Waals surface area contributed by atoms with Crippen LogP contribution in [0.25, 0.3) is 0 Å². The van der Waals surface area contributed by atoms with Crippen LogP contribution in [-0.4, -0.2) is 47.8 Å². The maximum Gasteiger partial charge on any atom is 0.410 e. The molecule has 0 aliphatic carbocycles. The molecule has 0 N–H and O–H groups in total. The number of nitrogens with zero attached hydrogens (tertiary/aromatic N) is 2. The van der Waals surface area contributed by atoms with Gasteiger partial charge in [-0.3, -0.25) is 4.90 Å². The molecule has 6 heterocycles. The van der Waals surface area contributed by atoms with E-state index in [4.69, 9.17) is 4.74 Å². The van der Waals surface area contributed by atoms with E-state index in [1.807, 2.05) is 28.4 Å². The minimum Gasteiger partial charge on any atom is -0.440 e. The summed E-state index contributed by atoms with van der Waals surface area (Å²) in [5.74, 6) is 0.529. The van der Waals surface area contributed by atoms with Crippen molar-refractivity contribution in [1.29, 1.82) is 0 Å². The lowest BCUT2D eigenvalue weighted by Crippen LogP contribution is -2.65. The second kappa shape index (κ2) is 10.1. The van der Waals surface area contributed by atoms with Crippen molar-refractivity contribution >= 4 is 40.1 Å². The number of thiophene rings is 3.